The van der Waals surface area contributed by atoms with E-state index in [0.717, 1.165) is 12.0 Å². The van der Waals surface area contributed by atoms with Crippen LogP contribution in [-0.2, 0) is 9.59 Å². The van der Waals surface area contributed by atoms with Crippen molar-refractivity contribution in [2.45, 2.75) is 19.4 Å². The first-order valence-corrected chi connectivity index (χ1v) is 9.57. The number of anilines is 2. The summed E-state index contributed by atoms with van der Waals surface area (Å²) in [6.07, 6.45) is 3.27. The summed E-state index contributed by atoms with van der Waals surface area (Å²) in [4.78, 5) is 24.0. The van der Waals surface area contributed by atoms with E-state index in [2.05, 4.69) is 10.6 Å². The van der Waals surface area contributed by atoms with Gasteiger partial charge in [-0.05, 0) is 48.9 Å². The number of hydrogen-bond acceptors (Lipinski definition) is 5. The summed E-state index contributed by atoms with van der Waals surface area (Å²) >= 11 is 6.27. The Balaban J connectivity index is 1.46. The van der Waals surface area contributed by atoms with Gasteiger partial charge >= 0.3 is 0 Å². The second-order valence-corrected chi connectivity index (χ2v) is 7.07. The zero-order chi connectivity index (χ0) is 20.4. The molecule has 0 radical (unpaired) electrons. The largest absolute Gasteiger partial charge is 0.489 e. The molecule has 2 heterocycles. The van der Waals surface area contributed by atoms with Crippen LogP contribution >= 0.6 is 11.6 Å². The van der Waals surface area contributed by atoms with Gasteiger partial charge in [0, 0.05) is 18.2 Å². The molecule has 0 saturated heterocycles. The minimum atomic E-state index is -0.548. The highest BCUT2D eigenvalue weighted by Crippen LogP contribution is 2.38. The fourth-order valence-electron chi connectivity index (χ4n) is 2.99. The molecular formula is C21H19ClN2O5. The van der Waals surface area contributed by atoms with Crippen molar-refractivity contribution >= 4 is 40.9 Å². The SMILES string of the molecule is C[C@H]1Oc2ccc(NC(=O)/C=C/c3cc(Cl)c4c(c3)OCCCO4)cc2NC1=O. The van der Waals surface area contributed by atoms with Crippen molar-refractivity contribution < 1.29 is 23.8 Å². The lowest BCUT2D eigenvalue weighted by molar-refractivity contribution is -0.122. The summed E-state index contributed by atoms with van der Waals surface area (Å²) in [6, 6.07) is 8.55. The van der Waals surface area contributed by atoms with E-state index in [9.17, 15) is 9.59 Å². The average Bonchev–Trinajstić information content (AvgIpc) is 2.93. The topological polar surface area (TPSA) is 85.9 Å². The van der Waals surface area contributed by atoms with E-state index in [-0.39, 0.29) is 11.8 Å². The van der Waals surface area contributed by atoms with Crippen LogP contribution in [0.5, 0.6) is 17.2 Å². The predicted octanol–water partition coefficient (Wildman–Crippen LogP) is 3.87. The molecule has 0 bridgehead atoms. The first kappa shape index (κ1) is 19.1. The lowest BCUT2D eigenvalue weighted by Crippen LogP contribution is -2.34. The van der Waals surface area contributed by atoms with E-state index in [4.69, 9.17) is 25.8 Å². The molecule has 150 valence electrons. The van der Waals surface area contributed by atoms with Crippen molar-refractivity contribution in [1.82, 2.24) is 0 Å². The van der Waals surface area contributed by atoms with Gasteiger partial charge in [-0.25, -0.2) is 0 Å². The number of ether oxygens (including phenoxy) is 3. The first-order valence-electron chi connectivity index (χ1n) is 9.19. The van der Waals surface area contributed by atoms with E-state index in [1.807, 2.05) is 0 Å². The van der Waals surface area contributed by atoms with E-state index in [1.165, 1.54) is 6.08 Å². The molecule has 0 aromatic heterocycles. The van der Waals surface area contributed by atoms with E-state index >= 15 is 0 Å². The molecular weight excluding hydrogens is 396 g/mol. The van der Waals surface area contributed by atoms with Crippen molar-refractivity contribution in [1.29, 1.82) is 0 Å². The predicted molar refractivity (Wildman–Crippen MR) is 110 cm³/mol. The van der Waals surface area contributed by atoms with Crippen LogP contribution in [0.4, 0.5) is 11.4 Å². The summed E-state index contributed by atoms with van der Waals surface area (Å²) in [5.74, 6) is 1.09. The van der Waals surface area contributed by atoms with Gasteiger partial charge in [0.2, 0.25) is 5.91 Å². The zero-order valence-electron chi connectivity index (χ0n) is 15.7. The highest BCUT2D eigenvalue weighted by molar-refractivity contribution is 6.32. The van der Waals surface area contributed by atoms with Crippen LogP contribution in [0.3, 0.4) is 0 Å². The molecule has 0 saturated carbocycles. The van der Waals surface area contributed by atoms with Crippen molar-refractivity contribution in [2.24, 2.45) is 0 Å². The Labute approximate surface area is 172 Å². The van der Waals surface area contributed by atoms with Gasteiger partial charge in [0.15, 0.2) is 17.6 Å². The Morgan fingerprint density at radius 2 is 2.03 bits per heavy atom. The number of hydrogen-bond donors (Lipinski definition) is 2. The van der Waals surface area contributed by atoms with Crippen molar-refractivity contribution in [2.75, 3.05) is 23.8 Å². The van der Waals surface area contributed by atoms with Crippen LogP contribution in [0.25, 0.3) is 6.08 Å². The molecule has 8 heteroatoms. The molecule has 7 nitrogen and oxygen atoms in total. The van der Waals surface area contributed by atoms with Gasteiger partial charge in [-0.15, -0.1) is 0 Å². The molecule has 0 fully saturated rings. The fraction of sp³-hybridized carbons (Fsp3) is 0.238. The standard InChI is InChI=1S/C21H19ClN2O5/c1-12-21(26)24-16-11-14(4-5-17(16)29-12)23-19(25)6-3-13-9-15(22)20-18(10-13)27-7-2-8-28-20/h3-6,9-12H,2,7-8H2,1H3,(H,23,25)(H,24,26)/b6-3+/t12-/m1/s1. The molecule has 2 aliphatic heterocycles. The number of benzene rings is 2. The van der Waals surface area contributed by atoms with Crippen LogP contribution < -0.4 is 24.8 Å². The summed E-state index contributed by atoms with van der Waals surface area (Å²) < 4.78 is 16.8. The maximum atomic E-state index is 12.3. The van der Waals surface area contributed by atoms with E-state index in [1.54, 1.807) is 43.3 Å². The number of nitrogens with one attached hydrogen (secondary N) is 2. The smallest absolute Gasteiger partial charge is 0.265 e. The summed E-state index contributed by atoms with van der Waals surface area (Å²) in [5, 5.41) is 5.94. The van der Waals surface area contributed by atoms with Crippen LogP contribution in [-0.4, -0.2) is 31.1 Å². The second kappa shape index (κ2) is 8.05. The minimum absolute atomic E-state index is 0.229. The highest BCUT2D eigenvalue weighted by Gasteiger charge is 2.23. The molecule has 2 aliphatic rings. The van der Waals surface area contributed by atoms with Crippen LogP contribution in [0.15, 0.2) is 36.4 Å². The van der Waals surface area contributed by atoms with Gasteiger partial charge in [0.05, 0.1) is 23.9 Å². The fourth-order valence-corrected chi connectivity index (χ4v) is 3.26. The Morgan fingerprint density at radius 1 is 1.21 bits per heavy atom. The number of rotatable bonds is 3. The first-order chi connectivity index (χ1) is 14.0. The van der Waals surface area contributed by atoms with E-state index < -0.39 is 6.10 Å². The number of carbonyl (C=O) groups is 2. The lowest BCUT2D eigenvalue weighted by atomic mass is 10.1. The number of halogens is 1. The third-order valence-electron chi connectivity index (χ3n) is 4.43. The van der Waals surface area contributed by atoms with Gasteiger partial charge in [0.1, 0.15) is 5.75 Å². The van der Waals surface area contributed by atoms with Crippen molar-refractivity contribution in [3.05, 3.63) is 47.0 Å². The summed E-state index contributed by atoms with van der Waals surface area (Å²) in [5.41, 5.74) is 1.77. The number of fused-ring (bicyclic) bond motifs is 2. The number of amides is 2. The van der Waals surface area contributed by atoms with Crippen LogP contribution in [0.2, 0.25) is 5.02 Å². The molecule has 2 N–H and O–H groups in total. The van der Waals surface area contributed by atoms with E-state index in [0.29, 0.717) is 46.9 Å². The maximum Gasteiger partial charge on any atom is 0.265 e. The Kier molecular flexibility index (Phi) is 5.31. The molecule has 0 aliphatic carbocycles. The van der Waals surface area contributed by atoms with Gasteiger partial charge in [-0.3, -0.25) is 9.59 Å². The lowest BCUT2D eigenvalue weighted by Gasteiger charge is -2.23. The average molecular weight is 415 g/mol. The minimum Gasteiger partial charge on any atom is -0.489 e. The van der Waals surface area contributed by atoms with Gasteiger partial charge in [-0.2, -0.15) is 0 Å². The Morgan fingerprint density at radius 3 is 2.90 bits per heavy atom. The molecule has 4 rings (SSSR count). The molecule has 1 atom stereocenters. The molecule has 2 amide bonds. The molecule has 0 unspecified atom stereocenters. The second-order valence-electron chi connectivity index (χ2n) is 6.66. The summed E-state index contributed by atoms with van der Waals surface area (Å²) in [7, 11) is 0. The third kappa shape index (κ3) is 4.30. The summed E-state index contributed by atoms with van der Waals surface area (Å²) in [6.45, 7) is 2.77. The molecule has 0 spiro atoms. The van der Waals surface area contributed by atoms with Gasteiger partial charge < -0.3 is 24.8 Å². The third-order valence-corrected chi connectivity index (χ3v) is 4.71. The zero-order valence-corrected chi connectivity index (χ0v) is 16.4. The maximum absolute atomic E-state index is 12.3. The van der Waals surface area contributed by atoms with Gasteiger partial charge in [-0.1, -0.05) is 11.6 Å². The Hall–Kier alpha value is -3.19. The van der Waals surface area contributed by atoms with Crippen molar-refractivity contribution in [3.8, 4) is 17.2 Å². The molecule has 2 aromatic carbocycles. The number of carbonyl (C=O) groups excluding carboxylic acids is 2. The Bertz CT molecular complexity index is 1000. The quantitative estimate of drug-likeness (QED) is 0.744. The molecule has 29 heavy (non-hydrogen) atoms. The van der Waals surface area contributed by atoms with Crippen molar-refractivity contribution in [3.63, 3.8) is 0 Å². The monoisotopic (exact) mass is 414 g/mol. The normalized spacial score (nSPS) is 17.7. The highest BCUT2D eigenvalue weighted by atomic mass is 35.5. The van der Waals surface area contributed by atoms with Crippen LogP contribution in [0.1, 0.15) is 18.9 Å². The molecule has 2 aromatic rings. The van der Waals surface area contributed by atoms with Crippen LogP contribution in [0, 0.1) is 0 Å². The van der Waals surface area contributed by atoms with Gasteiger partial charge in [0.25, 0.3) is 5.91 Å².